The van der Waals surface area contributed by atoms with Gasteiger partial charge in [0.1, 0.15) is 0 Å². The van der Waals surface area contributed by atoms with Crippen molar-refractivity contribution < 1.29 is 13.3 Å². The molecule has 0 saturated carbocycles. The van der Waals surface area contributed by atoms with E-state index in [1.807, 2.05) is 0 Å². The van der Waals surface area contributed by atoms with Crippen LogP contribution in [0.2, 0.25) is 0 Å². The minimum atomic E-state index is -4.22. The van der Waals surface area contributed by atoms with Gasteiger partial charge < -0.3 is 5.73 Å². The normalized spacial score (nSPS) is 11.5. The fourth-order valence-electron chi connectivity index (χ4n) is 2.32. The van der Waals surface area contributed by atoms with Crippen molar-refractivity contribution in [2.24, 2.45) is 0 Å². The average molecular weight is 348 g/mol. The summed E-state index contributed by atoms with van der Waals surface area (Å²) in [5, 5.41) is 11.6. The summed E-state index contributed by atoms with van der Waals surface area (Å²) in [6.07, 6.45) is 2.78. The summed E-state index contributed by atoms with van der Waals surface area (Å²) in [7, 11) is -4.22. The number of para-hydroxylation sites is 1. The molecule has 0 bridgehead atoms. The lowest BCUT2D eigenvalue weighted by molar-refractivity contribution is -0.386. The number of anilines is 1. The largest absolute Gasteiger partial charge is 0.378 e. The first kappa shape index (κ1) is 17.6. The lowest BCUT2D eigenvalue weighted by Crippen LogP contribution is -2.32. The van der Waals surface area contributed by atoms with Crippen LogP contribution in [0.4, 0.5) is 11.5 Å². The van der Waals surface area contributed by atoms with Gasteiger partial charge in [0.05, 0.1) is 10.4 Å². The van der Waals surface area contributed by atoms with Crippen LogP contribution in [0.5, 0.6) is 0 Å². The standard InChI is InChI=1S/C15H16N4O4S/c1-3-9-18(10-4-2)24(22,23)14-11-7-5-6-8-12(11)17-15(16)13(14)19(20)21/h3-8H,1-2,9-10H2,(H2,16,17). The molecular weight excluding hydrogens is 332 g/mol. The van der Waals surface area contributed by atoms with Gasteiger partial charge >= 0.3 is 5.69 Å². The second-order valence-corrected chi connectivity index (χ2v) is 6.72. The Morgan fingerprint density at radius 1 is 1.25 bits per heavy atom. The molecule has 0 unspecified atom stereocenters. The minimum Gasteiger partial charge on any atom is -0.378 e. The van der Waals surface area contributed by atoms with E-state index >= 15 is 0 Å². The van der Waals surface area contributed by atoms with Gasteiger partial charge in [-0.05, 0) is 6.07 Å². The van der Waals surface area contributed by atoms with Crippen LogP contribution in [-0.2, 0) is 10.0 Å². The zero-order valence-corrected chi connectivity index (χ0v) is 13.6. The van der Waals surface area contributed by atoms with Crippen molar-refractivity contribution in [3.05, 3.63) is 59.7 Å². The Morgan fingerprint density at radius 2 is 1.83 bits per heavy atom. The van der Waals surface area contributed by atoms with Crippen molar-refractivity contribution in [2.75, 3.05) is 18.8 Å². The molecule has 0 radical (unpaired) electrons. The summed E-state index contributed by atoms with van der Waals surface area (Å²) in [6, 6.07) is 6.22. The number of nitrogen functional groups attached to an aromatic ring is 1. The monoisotopic (exact) mass is 348 g/mol. The number of hydrogen-bond donors (Lipinski definition) is 1. The number of benzene rings is 1. The molecular formula is C15H16N4O4S. The Kier molecular flexibility index (Phi) is 4.96. The molecule has 1 heterocycles. The third-order valence-electron chi connectivity index (χ3n) is 3.29. The summed E-state index contributed by atoms with van der Waals surface area (Å²) in [5.74, 6) is -0.450. The first-order valence-corrected chi connectivity index (χ1v) is 8.33. The molecule has 0 spiro atoms. The van der Waals surface area contributed by atoms with Gasteiger partial charge in [-0.2, -0.15) is 4.31 Å². The maximum Gasteiger partial charge on any atom is 0.331 e. The number of pyridine rings is 1. The van der Waals surface area contributed by atoms with Crippen molar-refractivity contribution in [1.29, 1.82) is 0 Å². The third-order valence-corrected chi connectivity index (χ3v) is 5.20. The summed E-state index contributed by atoms with van der Waals surface area (Å²) in [4.78, 5) is 14.1. The van der Waals surface area contributed by atoms with Gasteiger partial charge in [0.25, 0.3) is 10.0 Å². The molecule has 2 rings (SSSR count). The molecule has 8 nitrogen and oxygen atoms in total. The predicted octanol–water partition coefficient (Wildman–Crippen LogP) is 2.09. The molecule has 0 saturated heterocycles. The smallest absolute Gasteiger partial charge is 0.331 e. The van der Waals surface area contributed by atoms with E-state index in [0.29, 0.717) is 0 Å². The maximum absolute atomic E-state index is 13.0. The first-order chi connectivity index (χ1) is 11.3. The van der Waals surface area contributed by atoms with Gasteiger partial charge in [-0.25, -0.2) is 13.4 Å². The topological polar surface area (TPSA) is 119 Å². The molecule has 1 aromatic heterocycles. The third kappa shape index (κ3) is 2.99. The fraction of sp³-hybridized carbons (Fsp3) is 0.133. The van der Waals surface area contributed by atoms with Gasteiger partial charge in [-0.15, -0.1) is 13.2 Å². The Bertz CT molecular complexity index is 914. The number of aromatic nitrogens is 1. The van der Waals surface area contributed by atoms with E-state index in [2.05, 4.69) is 18.1 Å². The molecule has 1 aromatic carbocycles. The SMILES string of the molecule is C=CCN(CC=C)S(=O)(=O)c1c([N+](=O)[O-])c(N)nc2ccccc12. The van der Waals surface area contributed by atoms with E-state index in [4.69, 9.17) is 5.73 Å². The van der Waals surface area contributed by atoms with Crippen LogP contribution in [0, 0.1) is 10.1 Å². The summed E-state index contributed by atoms with van der Waals surface area (Å²) in [6.45, 7) is 6.98. The molecule has 2 N–H and O–H groups in total. The summed E-state index contributed by atoms with van der Waals surface area (Å²) < 4.78 is 27.1. The van der Waals surface area contributed by atoms with Gasteiger partial charge in [0, 0.05) is 18.5 Å². The molecule has 2 aromatic rings. The number of fused-ring (bicyclic) bond motifs is 1. The minimum absolute atomic E-state index is 0.0257. The Morgan fingerprint density at radius 3 is 2.38 bits per heavy atom. The van der Waals surface area contributed by atoms with Crippen LogP contribution in [-0.4, -0.2) is 35.7 Å². The summed E-state index contributed by atoms with van der Waals surface area (Å²) >= 11 is 0. The lowest BCUT2D eigenvalue weighted by Gasteiger charge is -2.20. The summed E-state index contributed by atoms with van der Waals surface area (Å²) in [5.41, 5.74) is 5.19. The first-order valence-electron chi connectivity index (χ1n) is 6.89. The van der Waals surface area contributed by atoms with E-state index in [0.717, 1.165) is 4.31 Å². The Hall–Kier alpha value is -2.78. The van der Waals surface area contributed by atoms with Gasteiger partial charge in [-0.3, -0.25) is 10.1 Å². The number of hydrogen-bond acceptors (Lipinski definition) is 6. The van der Waals surface area contributed by atoms with Crippen LogP contribution in [0.3, 0.4) is 0 Å². The number of nitrogens with two attached hydrogens (primary N) is 1. The second-order valence-electron chi connectivity index (χ2n) is 4.85. The van der Waals surface area contributed by atoms with E-state index in [-0.39, 0.29) is 24.0 Å². The van der Waals surface area contributed by atoms with Crippen LogP contribution in [0.1, 0.15) is 0 Å². The number of sulfonamides is 1. The second kappa shape index (κ2) is 6.77. The molecule has 9 heteroatoms. The average Bonchev–Trinajstić information content (AvgIpc) is 2.52. The van der Waals surface area contributed by atoms with Crippen molar-refractivity contribution in [2.45, 2.75) is 4.90 Å². The number of nitro groups is 1. The van der Waals surface area contributed by atoms with E-state index < -0.39 is 31.3 Å². The van der Waals surface area contributed by atoms with Crippen molar-refractivity contribution in [3.63, 3.8) is 0 Å². The molecule has 0 fully saturated rings. The molecule has 126 valence electrons. The van der Waals surface area contributed by atoms with Crippen molar-refractivity contribution in [3.8, 4) is 0 Å². The lowest BCUT2D eigenvalue weighted by atomic mass is 10.2. The van der Waals surface area contributed by atoms with Crippen molar-refractivity contribution >= 4 is 32.4 Å². The van der Waals surface area contributed by atoms with Crippen LogP contribution < -0.4 is 5.73 Å². The highest BCUT2D eigenvalue weighted by atomic mass is 32.2. The Balaban J connectivity index is 2.91. The molecule has 0 amide bonds. The highest BCUT2D eigenvalue weighted by Gasteiger charge is 2.35. The highest BCUT2D eigenvalue weighted by Crippen LogP contribution is 2.36. The zero-order chi connectivity index (χ0) is 17.9. The van der Waals surface area contributed by atoms with Crippen LogP contribution in [0.15, 0.2) is 54.5 Å². The molecule has 0 aliphatic rings. The zero-order valence-electron chi connectivity index (χ0n) is 12.8. The molecule has 0 aliphatic heterocycles. The van der Waals surface area contributed by atoms with Crippen LogP contribution in [0.25, 0.3) is 10.9 Å². The maximum atomic E-state index is 13.0. The van der Waals surface area contributed by atoms with Crippen LogP contribution >= 0.6 is 0 Å². The highest BCUT2D eigenvalue weighted by molar-refractivity contribution is 7.89. The molecule has 0 atom stereocenters. The molecule has 0 aliphatic carbocycles. The van der Waals surface area contributed by atoms with Crippen molar-refractivity contribution in [1.82, 2.24) is 9.29 Å². The van der Waals surface area contributed by atoms with E-state index in [1.165, 1.54) is 18.2 Å². The predicted molar refractivity (Wildman–Crippen MR) is 92.0 cm³/mol. The van der Waals surface area contributed by atoms with E-state index in [9.17, 15) is 18.5 Å². The Labute approximate surface area is 139 Å². The molecule has 24 heavy (non-hydrogen) atoms. The number of rotatable bonds is 7. The van der Waals surface area contributed by atoms with Gasteiger partial charge in [0.2, 0.25) is 5.82 Å². The fourth-order valence-corrected chi connectivity index (χ4v) is 4.05. The van der Waals surface area contributed by atoms with E-state index in [1.54, 1.807) is 18.2 Å². The van der Waals surface area contributed by atoms with Gasteiger partial charge in [0.15, 0.2) is 4.90 Å². The quantitative estimate of drug-likeness (QED) is 0.465. The number of nitrogens with zero attached hydrogens (tertiary/aromatic N) is 3. The van der Waals surface area contributed by atoms with Gasteiger partial charge in [-0.1, -0.05) is 30.4 Å².